The fourth-order valence-electron chi connectivity index (χ4n) is 2.52. The molecular weight excluding hydrogens is 224 g/mol. The van der Waals surface area contributed by atoms with Gasteiger partial charge in [-0.25, -0.2) is 4.79 Å². The Morgan fingerprint density at radius 3 is 2.82 bits per heavy atom. The van der Waals surface area contributed by atoms with E-state index in [-0.39, 0.29) is 18.9 Å². The van der Waals surface area contributed by atoms with Crippen molar-refractivity contribution in [1.82, 2.24) is 10.6 Å². The molecule has 2 N–H and O–H groups in total. The normalized spacial score (nSPS) is 26.6. The monoisotopic (exact) mass is 242 g/mol. The van der Waals surface area contributed by atoms with Crippen LogP contribution in [0.1, 0.15) is 26.2 Å². The van der Waals surface area contributed by atoms with Gasteiger partial charge in [0.2, 0.25) is 5.91 Å². The SMILES string of the molecule is CCOC(=O)OC1CC(=O)NC12CCNCC2. The smallest absolute Gasteiger partial charge is 0.435 e. The van der Waals surface area contributed by atoms with Gasteiger partial charge in [-0.1, -0.05) is 0 Å². The van der Waals surface area contributed by atoms with Gasteiger partial charge in [0.1, 0.15) is 6.10 Å². The molecule has 0 saturated carbocycles. The summed E-state index contributed by atoms with van der Waals surface area (Å²) in [5.41, 5.74) is -0.394. The van der Waals surface area contributed by atoms with Crippen molar-refractivity contribution in [2.75, 3.05) is 19.7 Å². The van der Waals surface area contributed by atoms with Crippen molar-refractivity contribution in [2.24, 2.45) is 0 Å². The second kappa shape index (κ2) is 4.91. The molecule has 0 aromatic carbocycles. The van der Waals surface area contributed by atoms with Crippen LogP contribution in [0.5, 0.6) is 0 Å². The quantitative estimate of drug-likeness (QED) is 0.675. The molecule has 6 heteroatoms. The molecule has 2 heterocycles. The molecule has 6 nitrogen and oxygen atoms in total. The van der Waals surface area contributed by atoms with E-state index in [1.54, 1.807) is 6.92 Å². The van der Waals surface area contributed by atoms with Crippen molar-refractivity contribution in [1.29, 1.82) is 0 Å². The molecule has 1 spiro atoms. The fraction of sp³-hybridized carbons (Fsp3) is 0.818. The highest BCUT2D eigenvalue weighted by molar-refractivity contribution is 5.81. The number of nitrogens with one attached hydrogen (secondary N) is 2. The number of amides is 1. The van der Waals surface area contributed by atoms with Gasteiger partial charge in [-0.3, -0.25) is 4.79 Å². The zero-order valence-corrected chi connectivity index (χ0v) is 9.95. The van der Waals surface area contributed by atoms with Crippen LogP contribution in [0, 0.1) is 0 Å². The molecule has 17 heavy (non-hydrogen) atoms. The molecule has 1 atom stereocenters. The first-order valence-electron chi connectivity index (χ1n) is 6.01. The highest BCUT2D eigenvalue weighted by atomic mass is 16.7. The Bertz CT molecular complexity index is 313. The van der Waals surface area contributed by atoms with Gasteiger partial charge >= 0.3 is 6.16 Å². The Kier molecular flexibility index (Phi) is 3.51. The molecule has 0 aromatic heterocycles. The third-order valence-electron chi connectivity index (χ3n) is 3.37. The van der Waals surface area contributed by atoms with Crippen LogP contribution in [0.4, 0.5) is 4.79 Å². The Balaban J connectivity index is 2.03. The second-order valence-corrected chi connectivity index (χ2v) is 4.45. The third-order valence-corrected chi connectivity index (χ3v) is 3.37. The average Bonchev–Trinajstić information content (AvgIpc) is 2.56. The molecule has 2 aliphatic heterocycles. The maximum atomic E-state index is 11.5. The van der Waals surface area contributed by atoms with E-state index in [2.05, 4.69) is 10.6 Å². The van der Waals surface area contributed by atoms with Crippen LogP contribution in [-0.2, 0) is 14.3 Å². The van der Waals surface area contributed by atoms with E-state index < -0.39 is 17.8 Å². The molecule has 0 radical (unpaired) electrons. The third kappa shape index (κ3) is 2.52. The number of ether oxygens (including phenoxy) is 2. The second-order valence-electron chi connectivity index (χ2n) is 4.45. The molecule has 1 amide bonds. The van der Waals surface area contributed by atoms with Crippen LogP contribution in [0.25, 0.3) is 0 Å². The van der Waals surface area contributed by atoms with Crippen molar-refractivity contribution in [3.8, 4) is 0 Å². The molecule has 2 aliphatic rings. The maximum absolute atomic E-state index is 11.5. The van der Waals surface area contributed by atoms with Crippen molar-refractivity contribution in [2.45, 2.75) is 37.8 Å². The predicted octanol–water partition coefficient (Wildman–Crippen LogP) is 0.170. The van der Waals surface area contributed by atoms with Crippen LogP contribution in [-0.4, -0.2) is 43.4 Å². The lowest BCUT2D eigenvalue weighted by Gasteiger charge is -2.37. The minimum absolute atomic E-state index is 0.0544. The lowest BCUT2D eigenvalue weighted by atomic mass is 9.84. The number of carbonyl (C=O) groups is 2. The Labute approximate surface area is 100 Å². The summed E-state index contributed by atoms with van der Waals surface area (Å²) < 4.78 is 10.0. The van der Waals surface area contributed by atoms with Crippen LogP contribution >= 0.6 is 0 Å². The molecule has 1 unspecified atom stereocenters. The zero-order chi connectivity index (χ0) is 12.3. The molecule has 96 valence electrons. The van der Waals surface area contributed by atoms with E-state index in [4.69, 9.17) is 9.47 Å². The topological polar surface area (TPSA) is 76.7 Å². The van der Waals surface area contributed by atoms with Gasteiger partial charge in [0.05, 0.1) is 18.6 Å². The predicted molar refractivity (Wildman–Crippen MR) is 59.5 cm³/mol. The van der Waals surface area contributed by atoms with Crippen molar-refractivity contribution in [3.63, 3.8) is 0 Å². The van der Waals surface area contributed by atoms with E-state index in [0.717, 1.165) is 25.9 Å². The van der Waals surface area contributed by atoms with Crippen LogP contribution < -0.4 is 10.6 Å². The summed E-state index contributed by atoms with van der Waals surface area (Å²) >= 11 is 0. The van der Waals surface area contributed by atoms with Crippen LogP contribution in [0.2, 0.25) is 0 Å². The van der Waals surface area contributed by atoms with E-state index in [1.165, 1.54) is 0 Å². The first-order valence-corrected chi connectivity index (χ1v) is 6.01. The minimum atomic E-state index is -0.688. The summed E-state index contributed by atoms with van der Waals surface area (Å²) in [5.74, 6) is -0.0544. The molecule has 0 bridgehead atoms. The standard InChI is InChI=1S/C11H18N2O4/c1-2-16-10(15)17-8-7-9(14)13-11(8)3-5-12-6-4-11/h8,12H,2-7H2,1H3,(H,13,14). The molecule has 2 fully saturated rings. The highest BCUT2D eigenvalue weighted by Crippen LogP contribution is 2.32. The van der Waals surface area contributed by atoms with Crippen molar-refractivity contribution < 1.29 is 19.1 Å². The largest absolute Gasteiger partial charge is 0.508 e. The van der Waals surface area contributed by atoms with Gasteiger partial charge in [-0.05, 0) is 32.9 Å². The molecular formula is C11H18N2O4. The summed E-state index contributed by atoms with van der Waals surface area (Å²) in [5, 5.41) is 6.18. The summed E-state index contributed by atoms with van der Waals surface area (Å²) in [6.07, 6.45) is 0.702. The van der Waals surface area contributed by atoms with Gasteiger partial charge in [0.15, 0.2) is 0 Å². The maximum Gasteiger partial charge on any atom is 0.508 e. The first kappa shape index (κ1) is 12.2. The Morgan fingerprint density at radius 1 is 1.47 bits per heavy atom. The number of hydrogen-bond donors (Lipinski definition) is 2. The first-order chi connectivity index (χ1) is 8.16. The van der Waals surface area contributed by atoms with Crippen molar-refractivity contribution >= 4 is 12.1 Å². The number of hydrogen-bond acceptors (Lipinski definition) is 5. The number of rotatable bonds is 2. The Morgan fingerprint density at radius 2 is 2.18 bits per heavy atom. The van der Waals surface area contributed by atoms with E-state index in [9.17, 15) is 9.59 Å². The summed E-state index contributed by atoms with van der Waals surface area (Å²) in [6.45, 7) is 3.65. The van der Waals surface area contributed by atoms with Crippen LogP contribution in [0.15, 0.2) is 0 Å². The molecule has 0 aromatic rings. The van der Waals surface area contributed by atoms with Crippen LogP contribution in [0.3, 0.4) is 0 Å². The van der Waals surface area contributed by atoms with Gasteiger partial charge in [-0.15, -0.1) is 0 Å². The van der Waals surface area contributed by atoms with E-state index >= 15 is 0 Å². The number of piperidine rings is 1. The molecule has 0 aliphatic carbocycles. The highest BCUT2D eigenvalue weighted by Gasteiger charge is 2.49. The lowest BCUT2D eigenvalue weighted by Crippen LogP contribution is -2.56. The van der Waals surface area contributed by atoms with E-state index in [1.807, 2.05) is 0 Å². The van der Waals surface area contributed by atoms with Gasteiger partial charge in [0, 0.05) is 0 Å². The fourth-order valence-corrected chi connectivity index (χ4v) is 2.52. The summed E-state index contributed by atoms with van der Waals surface area (Å²) in [7, 11) is 0. The summed E-state index contributed by atoms with van der Waals surface area (Å²) in [6, 6.07) is 0. The van der Waals surface area contributed by atoms with Gasteiger partial charge in [-0.2, -0.15) is 0 Å². The number of carbonyl (C=O) groups excluding carboxylic acids is 2. The van der Waals surface area contributed by atoms with E-state index in [0.29, 0.717) is 0 Å². The molecule has 2 rings (SSSR count). The summed E-state index contributed by atoms with van der Waals surface area (Å²) in [4.78, 5) is 22.8. The average molecular weight is 242 g/mol. The van der Waals surface area contributed by atoms with Crippen molar-refractivity contribution in [3.05, 3.63) is 0 Å². The molecule has 2 saturated heterocycles. The Hall–Kier alpha value is -1.30. The minimum Gasteiger partial charge on any atom is -0.435 e. The lowest BCUT2D eigenvalue weighted by molar-refractivity contribution is -0.120. The van der Waals surface area contributed by atoms with Gasteiger partial charge in [0.25, 0.3) is 0 Å². The zero-order valence-electron chi connectivity index (χ0n) is 9.95. The van der Waals surface area contributed by atoms with Gasteiger partial charge < -0.3 is 20.1 Å².